The first kappa shape index (κ1) is 21.8. The minimum atomic E-state index is -0.187. The Hall–Kier alpha value is -2.06. The van der Waals surface area contributed by atoms with E-state index < -0.39 is 0 Å². The molecule has 5 nitrogen and oxygen atoms in total. The third kappa shape index (κ3) is 4.39. The third-order valence-corrected chi connectivity index (χ3v) is 8.27. The number of furan rings is 1. The van der Waals surface area contributed by atoms with E-state index >= 15 is 0 Å². The summed E-state index contributed by atoms with van der Waals surface area (Å²) >= 11 is 3.50. The molecule has 0 spiro atoms. The second-order valence-electron chi connectivity index (χ2n) is 8.21. The van der Waals surface area contributed by atoms with Gasteiger partial charge in [0.2, 0.25) is 0 Å². The van der Waals surface area contributed by atoms with Crippen LogP contribution >= 0.6 is 23.1 Å². The van der Waals surface area contributed by atoms with Crippen molar-refractivity contribution in [2.75, 3.05) is 37.9 Å². The highest BCUT2D eigenvalue weighted by Crippen LogP contribution is 2.45. The van der Waals surface area contributed by atoms with E-state index in [9.17, 15) is 4.79 Å². The summed E-state index contributed by atoms with van der Waals surface area (Å²) in [5, 5.41) is 4.17. The summed E-state index contributed by atoms with van der Waals surface area (Å²) in [6.07, 6.45) is 8.21. The zero-order chi connectivity index (χ0) is 21.9. The molecule has 0 bridgehead atoms. The maximum atomic E-state index is 12.9. The summed E-state index contributed by atoms with van der Waals surface area (Å²) in [4.78, 5) is 18.1. The number of thiophene rings is 1. The van der Waals surface area contributed by atoms with Crippen LogP contribution in [0, 0.1) is 0 Å². The van der Waals surface area contributed by atoms with Crippen molar-refractivity contribution in [3.63, 3.8) is 0 Å². The molecule has 1 saturated heterocycles. The number of morpholine rings is 1. The quantitative estimate of drug-likeness (QED) is 0.476. The van der Waals surface area contributed by atoms with Crippen LogP contribution in [0.25, 0.3) is 0 Å². The number of aryl methyl sites for hydroxylation is 1. The van der Waals surface area contributed by atoms with E-state index in [1.54, 1.807) is 41.5 Å². The number of nitrogens with zero attached hydrogens (tertiary/aromatic N) is 1. The molecule has 0 saturated carbocycles. The van der Waals surface area contributed by atoms with Crippen molar-refractivity contribution in [1.29, 1.82) is 0 Å². The maximum Gasteiger partial charge on any atom is 0.291 e. The van der Waals surface area contributed by atoms with E-state index in [1.807, 2.05) is 0 Å². The predicted molar refractivity (Wildman–Crippen MR) is 130 cm³/mol. The Morgan fingerprint density at radius 1 is 1.12 bits per heavy atom. The molecular weight excluding hydrogens is 440 g/mol. The van der Waals surface area contributed by atoms with Crippen LogP contribution in [0.5, 0.6) is 0 Å². The molecule has 3 heterocycles. The van der Waals surface area contributed by atoms with Crippen LogP contribution in [0.1, 0.15) is 51.0 Å². The molecule has 3 aromatic rings. The number of anilines is 1. The average molecular weight is 469 g/mol. The molecule has 2 aromatic heterocycles. The van der Waals surface area contributed by atoms with Crippen LogP contribution in [-0.2, 0) is 17.6 Å². The summed E-state index contributed by atoms with van der Waals surface area (Å²) in [6.45, 7) is 3.23. The first-order valence-electron chi connectivity index (χ1n) is 11.2. The minimum absolute atomic E-state index is 0.0970. The number of ether oxygens (including phenoxy) is 1. The smallest absolute Gasteiger partial charge is 0.291 e. The van der Waals surface area contributed by atoms with Gasteiger partial charge in [-0.15, -0.1) is 23.1 Å². The Morgan fingerprint density at radius 3 is 2.62 bits per heavy atom. The van der Waals surface area contributed by atoms with E-state index in [0.29, 0.717) is 5.76 Å². The standard InChI is InChI=1S/C25H28N2O3S2/c1-31-18-10-8-17(9-11-18)23(27-12-15-29-16-13-27)22-19-5-2-3-7-21(19)32-25(22)26-24(28)20-6-4-14-30-20/h4,6,8-11,14,23H,2-3,5,7,12-13,15-16H2,1H3,(H,26,28)/t23-/m1/s1. The molecule has 1 atom stereocenters. The lowest BCUT2D eigenvalue weighted by molar-refractivity contribution is 0.0239. The number of amides is 1. The Bertz CT molecular complexity index is 1050. The molecule has 7 heteroatoms. The van der Waals surface area contributed by atoms with Crippen molar-refractivity contribution >= 4 is 34.0 Å². The molecule has 2 aliphatic rings. The summed E-state index contributed by atoms with van der Waals surface area (Å²) in [5.41, 5.74) is 3.97. The van der Waals surface area contributed by atoms with Crippen molar-refractivity contribution in [1.82, 2.24) is 4.90 Å². The summed E-state index contributed by atoms with van der Waals surface area (Å²) in [6, 6.07) is 12.5. The van der Waals surface area contributed by atoms with E-state index in [0.717, 1.165) is 44.1 Å². The highest BCUT2D eigenvalue weighted by Gasteiger charge is 2.33. The number of thioether (sulfide) groups is 1. The molecule has 0 radical (unpaired) electrons. The van der Waals surface area contributed by atoms with Gasteiger partial charge in [0.05, 0.1) is 25.5 Å². The van der Waals surface area contributed by atoms with Gasteiger partial charge in [-0.3, -0.25) is 9.69 Å². The number of rotatable bonds is 6. The number of nitrogens with one attached hydrogen (secondary N) is 1. The van der Waals surface area contributed by atoms with Gasteiger partial charge in [0.1, 0.15) is 5.00 Å². The lowest BCUT2D eigenvalue weighted by Gasteiger charge is -2.36. The van der Waals surface area contributed by atoms with Crippen LogP contribution in [0.2, 0.25) is 0 Å². The fourth-order valence-corrected chi connectivity index (χ4v) is 6.45. The van der Waals surface area contributed by atoms with Crippen LogP contribution in [0.15, 0.2) is 52.0 Å². The number of benzene rings is 1. The second-order valence-corrected chi connectivity index (χ2v) is 10.2. The topological polar surface area (TPSA) is 54.7 Å². The molecule has 0 unspecified atom stereocenters. The van der Waals surface area contributed by atoms with Gasteiger partial charge in [0.25, 0.3) is 5.91 Å². The van der Waals surface area contributed by atoms with Gasteiger partial charge < -0.3 is 14.5 Å². The van der Waals surface area contributed by atoms with Gasteiger partial charge in [0, 0.05) is 28.4 Å². The number of fused-ring (bicyclic) bond motifs is 1. The lowest BCUT2D eigenvalue weighted by Crippen LogP contribution is -2.40. The highest BCUT2D eigenvalue weighted by atomic mass is 32.2. The van der Waals surface area contributed by atoms with Gasteiger partial charge >= 0.3 is 0 Å². The van der Waals surface area contributed by atoms with Gasteiger partial charge in [-0.1, -0.05) is 12.1 Å². The molecule has 1 fully saturated rings. The molecule has 5 rings (SSSR count). The van der Waals surface area contributed by atoms with Crippen molar-refractivity contribution in [3.05, 3.63) is 70.0 Å². The molecule has 1 aliphatic carbocycles. The van der Waals surface area contributed by atoms with Crippen LogP contribution < -0.4 is 5.32 Å². The Morgan fingerprint density at radius 2 is 1.91 bits per heavy atom. The first-order chi connectivity index (χ1) is 15.7. The van der Waals surface area contributed by atoms with Crippen LogP contribution in [-0.4, -0.2) is 43.4 Å². The average Bonchev–Trinajstić information content (AvgIpc) is 3.50. The summed E-state index contributed by atoms with van der Waals surface area (Å²) < 4.78 is 11.0. The second kappa shape index (κ2) is 9.83. The maximum absolute atomic E-state index is 12.9. The minimum Gasteiger partial charge on any atom is -0.459 e. The largest absolute Gasteiger partial charge is 0.459 e. The molecule has 1 aliphatic heterocycles. The fraction of sp³-hybridized carbons (Fsp3) is 0.400. The van der Waals surface area contributed by atoms with E-state index in [2.05, 4.69) is 40.7 Å². The van der Waals surface area contributed by atoms with Crippen LogP contribution in [0.4, 0.5) is 5.00 Å². The lowest BCUT2D eigenvalue weighted by atomic mass is 9.88. The first-order valence-corrected chi connectivity index (χ1v) is 13.2. The number of carbonyl (C=O) groups is 1. The van der Waals surface area contributed by atoms with Gasteiger partial charge in [-0.2, -0.15) is 0 Å². The van der Waals surface area contributed by atoms with Crippen molar-refractivity contribution < 1.29 is 13.9 Å². The number of carbonyl (C=O) groups excluding carboxylic acids is 1. The van der Waals surface area contributed by atoms with E-state index in [-0.39, 0.29) is 11.9 Å². The molecule has 1 aromatic carbocycles. The van der Waals surface area contributed by atoms with Crippen LogP contribution in [0.3, 0.4) is 0 Å². The Balaban J connectivity index is 1.60. The predicted octanol–water partition coefficient (Wildman–Crippen LogP) is 5.62. The van der Waals surface area contributed by atoms with Crippen molar-refractivity contribution in [3.8, 4) is 0 Å². The summed E-state index contributed by atoms with van der Waals surface area (Å²) in [7, 11) is 0. The fourth-order valence-electron chi connectivity index (χ4n) is 4.73. The van der Waals surface area contributed by atoms with Gasteiger partial charge in [-0.05, 0) is 67.3 Å². The zero-order valence-electron chi connectivity index (χ0n) is 18.3. The number of hydrogen-bond donors (Lipinski definition) is 1. The third-order valence-electron chi connectivity index (χ3n) is 6.30. The summed E-state index contributed by atoms with van der Waals surface area (Å²) in [5.74, 6) is 0.155. The van der Waals surface area contributed by atoms with Crippen molar-refractivity contribution in [2.24, 2.45) is 0 Å². The Labute approximate surface area is 197 Å². The SMILES string of the molecule is CSc1ccc([C@H](c2c(NC(=O)c3ccco3)sc3c2CCCC3)N2CCOCC2)cc1. The highest BCUT2D eigenvalue weighted by molar-refractivity contribution is 7.98. The normalized spacial score (nSPS) is 17.7. The molecule has 1 amide bonds. The van der Waals surface area contributed by atoms with Gasteiger partial charge in [0.15, 0.2) is 5.76 Å². The molecule has 168 valence electrons. The molecular formula is C25H28N2O3S2. The molecule has 1 N–H and O–H groups in total. The molecule has 32 heavy (non-hydrogen) atoms. The van der Waals surface area contributed by atoms with E-state index in [1.165, 1.54) is 39.3 Å². The van der Waals surface area contributed by atoms with Gasteiger partial charge in [-0.25, -0.2) is 0 Å². The zero-order valence-corrected chi connectivity index (χ0v) is 19.9. The van der Waals surface area contributed by atoms with Crippen molar-refractivity contribution in [2.45, 2.75) is 36.6 Å². The Kier molecular flexibility index (Phi) is 6.69. The monoisotopic (exact) mass is 468 g/mol. The van der Waals surface area contributed by atoms with E-state index in [4.69, 9.17) is 9.15 Å². The number of hydrogen-bond acceptors (Lipinski definition) is 6.